The largest absolute Gasteiger partial charge is 0.357 e. The maximum absolute atomic E-state index is 13.5. The molecule has 212 valence electrons. The van der Waals surface area contributed by atoms with Gasteiger partial charge >= 0.3 is 0 Å². The van der Waals surface area contributed by atoms with Gasteiger partial charge in [-0.3, -0.25) is 14.6 Å². The van der Waals surface area contributed by atoms with Gasteiger partial charge in [0.1, 0.15) is 11.7 Å². The Morgan fingerprint density at radius 1 is 0.860 bits per heavy atom. The summed E-state index contributed by atoms with van der Waals surface area (Å²) in [6.07, 6.45) is 1.63. The number of para-hydroxylation sites is 3. The molecule has 0 aliphatic carbocycles. The van der Waals surface area contributed by atoms with E-state index in [9.17, 15) is 10.1 Å². The minimum absolute atomic E-state index is 0.0378. The molecule has 8 heteroatoms. The molecule has 0 saturated carbocycles. The number of nitrogens with one attached hydrogen (secondary N) is 4. The third-order valence-electron chi connectivity index (χ3n) is 10.3. The van der Waals surface area contributed by atoms with E-state index in [4.69, 9.17) is 0 Å². The topological polar surface area (TPSA) is 107 Å². The van der Waals surface area contributed by atoms with Gasteiger partial charge in [0.25, 0.3) is 5.91 Å². The molecule has 8 nitrogen and oxygen atoms in total. The standard InChI is InChI=1S/C35H31N7O/c1-41-28-15-23-21-10-4-7-13-26(21)40-33(23)34(41)29-16-22-20-9-3-6-12-25(20)39-32(22)31(42(29)30(28)17-36)18-37-35(43)27-14-19-8-2-5-11-24(19)38-27/h2-14,28-31,34,38-40H,15-16,18H2,1H3,(H,37,43)/t28-,29-,30-,31-,34-/m0/s1. The molecular formula is C35H31N7O. The minimum Gasteiger partial charge on any atom is -0.357 e. The minimum atomic E-state index is -0.331. The van der Waals surface area contributed by atoms with Gasteiger partial charge in [0.15, 0.2) is 0 Å². The fourth-order valence-corrected chi connectivity index (χ4v) is 8.39. The number of hydrogen-bond donors (Lipinski definition) is 4. The molecule has 1 amide bonds. The summed E-state index contributed by atoms with van der Waals surface area (Å²) in [4.78, 5) is 29.1. The molecule has 1 fully saturated rings. The van der Waals surface area contributed by atoms with E-state index >= 15 is 0 Å². The van der Waals surface area contributed by atoms with Crippen molar-refractivity contribution in [1.82, 2.24) is 30.1 Å². The number of rotatable bonds is 3. The highest BCUT2D eigenvalue weighted by Gasteiger charge is 2.55. The number of hydrogen-bond acceptors (Lipinski definition) is 4. The van der Waals surface area contributed by atoms with Crippen molar-refractivity contribution in [3.05, 3.63) is 107 Å². The number of amides is 1. The fraction of sp³-hybridized carbons (Fsp3) is 0.257. The van der Waals surface area contributed by atoms with Crippen LogP contribution in [0.25, 0.3) is 32.7 Å². The summed E-state index contributed by atoms with van der Waals surface area (Å²) in [6, 6.07) is 29.2. The molecule has 3 aromatic carbocycles. The van der Waals surface area contributed by atoms with Crippen molar-refractivity contribution in [3.63, 3.8) is 0 Å². The molecule has 3 aliphatic heterocycles. The molecule has 3 aliphatic rings. The van der Waals surface area contributed by atoms with Gasteiger partial charge in [0, 0.05) is 62.7 Å². The Morgan fingerprint density at radius 3 is 2.21 bits per heavy atom. The lowest BCUT2D eigenvalue weighted by molar-refractivity contribution is -0.0722. The van der Waals surface area contributed by atoms with Crippen LogP contribution in [-0.4, -0.2) is 62.4 Å². The van der Waals surface area contributed by atoms with Gasteiger partial charge in [-0.2, -0.15) is 5.26 Å². The molecule has 6 aromatic rings. The number of benzene rings is 3. The molecule has 0 spiro atoms. The summed E-state index contributed by atoms with van der Waals surface area (Å²) in [5.74, 6) is -0.142. The van der Waals surface area contributed by atoms with Crippen molar-refractivity contribution >= 4 is 38.6 Å². The van der Waals surface area contributed by atoms with Crippen LogP contribution in [0.4, 0.5) is 0 Å². The second-order valence-electron chi connectivity index (χ2n) is 12.3. The van der Waals surface area contributed by atoms with Crippen molar-refractivity contribution in [3.8, 4) is 6.07 Å². The van der Waals surface area contributed by atoms with Gasteiger partial charge in [0.05, 0.1) is 18.2 Å². The van der Waals surface area contributed by atoms with E-state index in [1.165, 1.54) is 27.6 Å². The maximum atomic E-state index is 13.5. The summed E-state index contributed by atoms with van der Waals surface area (Å²) in [5.41, 5.74) is 8.72. The molecule has 0 radical (unpaired) electrons. The van der Waals surface area contributed by atoms with Gasteiger partial charge < -0.3 is 20.3 Å². The Morgan fingerprint density at radius 2 is 1.49 bits per heavy atom. The maximum Gasteiger partial charge on any atom is 0.267 e. The van der Waals surface area contributed by atoms with Crippen LogP contribution >= 0.6 is 0 Å². The van der Waals surface area contributed by atoms with Crippen LogP contribution in [0.5, 0.6) is 0 Å². The summed E-state index contributed by atoms with van der Waals surface area (Å²) >= 11 is 0. The van der Waals surface area contributed by atoms with E-state index in [-0.39, 0.29) is 36.1 Å². The van der Waals surface area contributed by atoms with Crippen molar-refractivity contribution in [2.45, 2.75) is 43.1 Å². The average molecular weight is 566 g/mol. The van der Waals surface area contributed by atoms with E-state index in [2.05, 4.69) is 91.7 Å². The van der Waals surface area contributed by atoms with E-state index in [0.717, 1.165) is 40.5 Å². The van der Waals surface area contributed by atoms with Crippen molar-refractivity contribution in [1.29, 1.82) is 5.26 Å². The predicted molar refractivity (Wildman–Crippen MR) is 167 cm³/mol. The van der Waals surface area contributed by atoms with E-state index in [0.29, 0.717) is 12.2 Å². The number of fused-ring (bicyclic) bond motifs is 12. The van der Waals surface area contributed by atoms with Crippen molar-refractivity contribution < 1.29 is 4.79 Å². The van der Waals surface area contributed by atoms with Crippen LogP contribution in [0.2, 0.25) is 0 Å². The first-order valence-corrected chi connectivity index (χ1v) is 15.0. The van der Waals surface area contributed by atoms with Crippen LogP contribution in [0.3, 0.4) is 0 Å². The summed E-state index contributed by atoms with van der Waals surface area (Å²) in [5, 5.41) is 17.5. The predicted octanol–water partition coefficient (Wildman–Crippen LogP) is 5.33. The van der Waals surface area contributed by atoms with Gasteiger partial charge in [-0.05, 0) is 55.3 Å². The molecule has 9 rings (SSSR count). The summed E-state index contributed by atoms with van der Waals surface area (Å²) < 4.78 is 0. The van der Waals surface area contributed by atoms with E-state index in [1.54, 1.807) is 0 Å². The van der Waals surface area contributed by atoms with E-state index in [1.807, 2.05) is 30.3 Å². The van der Waals surface area contributed by atoms with Gasteiger partial charge in [-0.15, -0.1) is 0 Å². The monoisotopic (exact) mass is 565 g/mol. The lowest BCUT2D eigenvalue weighted by Crippen LogP contribution is -2.68. The molecule has 6 heterocycles. The summed E-state index contributed by atoms with van der Waals surface area (Å²) in [6.45, 7) is 0.394. The van der Waals surface area contributed by atoms with Crippen molar-refractivity contribution in [2.75, 3.05) is 13.6 Å². The number of likely N-dealkylation sites (N-methyl/N-ethyl adjacent to an activating group) is 1. The third kappa shape index (κ3) is 3.46. The Kier molecular flexibility index (Phi) is 5.22. The first-order chi connectivity index (χ1) is 21.1. The molecular weight excluding hydrogens is 534 g/mol. The molecule has 0 unspecified atom stereocenters. The highest BCUT2D eigenvalue weighted by Crippen LogP contribution is 2.51. The van der Waals surface area contributed by atoms with Gasteiger partial charge in [-0.1, -0.05) is 54.6 Å². The number of carbonyl (C=O) groups is 1. The Hall–Kier alpha value is -4.84. The Bertz CT molecular complexity index is 2080. The van der Waals surface area contributed by atoms with Crippen molar-refractivity contribution in [2.24, 2.45) is 0 Å². The van der Waals surface area contributed by atoms with Gasteiger partial charge in [-0.25, -0.2) is 0 Å². The normalized spacial score (nSPS) is 24.9. The number of nitrogens with zero attached hydrogens (tertiary/aromatic N) is 3. The number of nitriles is 1. The van der Waals surface area contributed by atoms with E-state index < -0.39 is 0 Å². The van der Waals surface area contributed by atoms with Crippen LogP contribution in [0.1, 0.15) is 45.1 Å². The summed E-state index contributed by atoms with van der Waals surface area (Å²) in [7, 11) is 2.18. The zero-order valence-electron chi connectivity index (χ0n) is 23.8. The quantitative estimate of drug-likeness (QED) is 0.233. The van der Waals surface area contributed by atoms with Crippen LogP contribution < -0.4 is 5.32 Å². The highest BCUT2D eigenvalue weighted by atomic mass is 16.1. The lowest BCUT2D eigenvalue weighted by atomic mass is 9.75. The van der Waals surface area contributed by atoms with Crippen LogP contribution in [0, 0.1) is 11.3 Å². The highest BCUT2D eigenvalue weighted by molar-refractivity contribution is 5.98. The van der Waals surface area contributed by atoms with Gasteiger partial charge in [0.2, 0.25) is 0 Å². The second kappa shape index (κ2) is 9.08. The second-order valence-corrected chi connectivity index (χ2v) is 12.3. The fourth-order valence-electron chi connectivity index (χ4n) is 8.39. The first-order valence-electron chi connectivity index (χ1n) is 15.0. The first kappa shape index (κ1) is 24.7. The number of aromatic amines is 3. The molecule has 3 aromatic heterocycles. The lowest BCUT2D eigenvalue weighted by Gasteiger charge is -2.58. The smallest absolute Gasteiger partial charge is 0.267 e. The molecule has 4 N–H and O–H groups in total. The average Bonchev–Trinajstić information content (AvgIpc) is 3.73. The molecule has 43 heavy (non-hydrogen) atoms. The molecule has 2 bridgehead atoms. The molecule has 1 saturated heterocycles. The number of aromatic nitrogens is 3. The Labute approximate surface area is 248 Å². The zero-order chi connectivity index (χ0) is 28.8. The number of piperazine rings is 1. The van der Waals surface area contributed by atoms with Crippen LogP contribution in [-0.2, 0) is 12.8 Å². The third-order valence-corrected chi connectivity index (χ3v) is 10.3. The Balaban J connectivity index is 1.16. The molecule has 5 atom stereocenters. The zero-order valence-corrected chi connectivity index (χ0v) is 23.8. The SMILES string of the molecule is CN1[C@@H]2c3[nH]c4ccccc4c3C[C@H]1[C@H](C#N)N1[C@@H](CNC(=O)c3cc4ccccc4[nH]3)c3[nH]c4ccccc4c3C[C@@H]21. The number of H-pyrrole nitrogens is 3. The number of carbonyl (C=O) groups excluding carboxylic acids is 1. The van der Waals surface area contributed by atoms with Crippen LogP contribution in [0.15, 0.2) is 78.9 Å².